The summed E-state index contributed by atoms with van der Waals surface area (Å²) >= 11 is 1.66. The summed E-state index contributed by atoms with van der Waals surface area (Å²) in [5, 5.41) is 14.7. The van der Waals surface area contributed by atoms with Crippen molar-refractivity contribution in [1.82, 2.24) is 65.0 Å². The molecule has 0 radical (unpaired) electrons. The minimum absolute atomic E-state index is 0.314. The summed E-state index contributed by atoms with van der Waals surface area (Å²) in [6.45, 7) is 0.688. The van der Waals surface area contributed by atoms with Gasteiger partial charge in [-0.3, -0.25) is 15.0 Å². The van der Waals surface area contributed by atoms with Gasteiger partial charge in [0.15, 0.2) is 5.82 Å². The van der Waals surface area contributed by atoms with Crippen LogP contribution in [0.2, 0.25) is 0 Å². The Morgan fingerprint density at radius 2 is 1.30 bits per heavy atom. The minimum Gasteiger partial charge on any atom is -0.364 e. The molecule has 9 aromatic heterocycles. The quantitative estimate of drug-likeness (QED) is 0.152. The van der Waals surface area contributed by atoms with Crippen LogP contribution in [0.15, 0.2) is 201 Å². The van der Waals surface area contributed by atoms with E-state index < -0.39 is 16.2 Å². The van der Waals surface area contributed by atoms with Crippen molar-refractivity contribution in [3.05, 3.63) is 263 Å². The number of aryl methyl sites for hydroxylation is 3. The van der Waals surface area contributed by atoms with Crippen LogP contribution in [-0.4, -0.2) is 71.6 Å². The number of pyridine rings is 2. The number of rotatable bonds is 8. The summed E-state index contributed by atoms with van der Waals surface area (Å²) in [5.41, 5.74) is 7.09. The molecule has 3 atom stereocenters. The molecule has 14 aromatic rings. The molecule has 17 rings (SSSR count). The van der Waals surface area contributed by atoms with E-state index in [4.69, 9.17) is 60.0 Å². The van der Waals surface area contributed by atoms with Crippen molar-refractivity contribution in [1.29, 1.82) is 0 Å². The summed E-state index contributed by atoms with van der Waals surface area (Å²) in [4.78, 5) is 65.2. The number of anilines is 2. The highest BCUT2D eigenvalue weighted by Crippen LogP contribution is 2.71. The number of nitrogens with zero attached hydrogens (tertiary/aromatic N) is 13. The number of fused-ring (bicyclic) bond motifs is 9. The summed E-state index contributed by atoms with van der Waals surface area (Å²) in [6, 6.07) is 56.5. The third-order valence-electron chi connectivity index (χ3n) is 18.0. The van der Waals surface area contributed by atoms with Gasteiger partial charge in [0.05, 0.1) is 61.8 Å². The molecule has 3 aliphatic rings. The van der Waals surface area contributed by atoms with Crippen molar-refractivity contribution in [2.45, 2.75) is 61.2 Å². The van der Waals surface area contributed by atoms with E-state index in [1.807, 2.05) is 73.4 Å². The molecule has 15 heteroatoms. The molecule has 14 nitrogen and oxygen atoms in total. The van der Waals surface area contributed by atoms with Gasteiger partial charge in [0.25, 0.3) is 0 Å². The van der Waals surface area contributed by atoms with Crippen LogP contribution in [-0.2, 0) is 41.9 Å². The minimum atomic E-state index is -1.70. The Morgan fingerprint density at radius 3 is 2.18 bits per heavy atom. The zero-order valence-electron chi connectivity index (χ0n) is 45.4. The van der Waals surface area contributed by atoms with E-state index in [-0.39, 0.29) is 0 Å². The number of para-hydroxylation sites is 5. The topological polar surface area (TPSA) is 174 Å². The second-order valence-electron chi connectivity index (χ2n) is 22.2. The fourth-order valence-electron chi connectivity index (χ4n) is 14.5. The Labute approximate surface area is 486 Å². The molecule has 3 unspecified atom stereocenters. The Hall–Kier alpha value is -10.1. The van der Waals surface area contributed by atoms with Crippen LogP contribution in [0.1, 0.15) is 80.8 Å². The van der Waals surface area contributed by atoms with Crippen LogP contribution >= 0.6 is 11.3 Å². The number of H-pyrrole nitrogens is 1. The zero-order chi connectivity index (χ0) is 55.4. The Bertz CT molecular complexity index is 4850. The third-order valence-corrected chi connectivity index (χ3v) is 19.1. The first-order valence-electron chi connectivity index (χ1n) is 28.7. The largest absolute Gasteiger partial charge is 0.364 e. The molecule has 0 amide bonds. The molecule has 402 valence electrons. The second kappa shape index (κ2) is 19.0. The number of benzene rings is 5. The molecular weight excluding hydrogens is 1060 g/mol. The fraction of sp³-hybridized carbons (Fsp3) is 0.159. The number of hydrogen-bond acceptors (Lipinski definition) is 14. The lowest BCUT2D eigenvalue weighted by Gasteiger charge is -2.60. The molecule has 0 spiro atoms. The average molecular weight is 1110 g/mol. The molecule has 5 aromatic carbocycles. The molecule has 2 aliphatic carbocycles. The van der Waals surface area contributed by atoms with E-state index >= 15 is 0 Å². The fourth-order valence-corrected chi connectivity index (χ4v) is 15.8. The number of thiophene rings is 1. The summed E-state index contributed by atoms with van der Waals surface area (Å²) in [6.07, 6.45) is 17.7. The van der Waals surface area contributed by atoms with Gasteiger partial charge in [0, 0.05) is 82.1 Å². The van der Waals surface area contributed by atoms with Crippen LogP contribution in [0.4, 0.5) is 11.5 Å². The van der Waals surface area contributed by atoms with Gasteiger partial charge in [-0.25, -0.2) is 34.9 Å². The molecule has 0 fully saturated rings. The van der Waals surface area contributed by atoms with Gasteiger partial charge >= 0.3 is 0 Å². The predicted octanol–water partition coefficient (Wildman–Crippen LogP) is 13.1. The highest BCUT2D eigenvalue weighted by atomic mass is 32.1. The summed E-state index contributed by atoms with van der Waals surface area (Å²) in [7, 11) is 0. The van der Waals surface area contributed by atoms with Gasteiger partial charge in [-0.1, -0.05) is 97.1 Å². The molecule has 84 heavy (non-hydrogen) atoms. The van der Waals surface area contributed by atoms with E-state index in [1.54, 1.807) is 17.5 Å². The second-order valence-corrected chi connectivity index (χ2v) is 23.3. The number of nitrogens with one attached hydrogen (secondary N) is 1. The van der Waals surface area contributed by atoms with Crippen LogP contribution < -0.4 is 4.90 Å². The van der Waals surface area contributed by atoms with Gasteiger partial charge in [-0.2, -0.15) is 10.2 Å². The first kappa shape index (κ1) is 48.6. The number of hydrogen-bond donors (Lipinski definition) is 1. The molecule has 0 saturated heterocycles. The Balaban J connectivity index is 1.17. The van der Waals surface area contributed by atoms with Gasteiger partial charge < -0.3 is 9.88 Å². The molecular formula is C69H50N14S. The van der Waals surface area contributed by atoms with Crippen molar-refractivity contribution in [3.8, 4) is 11.6 Å². The van der Waals surface area contributed by atoms with Gasteiger partial charge in [0.1, 0.15) is 27.3 Å². The summed E-state index contributed by atoms with van der Waals surface area (Å²) < 4.78 is 0. The Morgan fingerprint density at radius 1 is 0.512 bits per heavy atom. The van der Waals surface area contributed by atoms with E-state index in [0.717, 1.165) is 120 Å². The molecule has 10 heterocycles. The van der Waals surface area contributed by atoms with Gasteiger partial charge in [-0.05, 0) is 127 Å². The SMILES string of the molecule is c1cnnc(C2(c3ccc[nH]3)Cc3sc4nc(-c5ncc6c(n5)CCCC6)nc(N5CCCc6ccccc65)c4c3C(c3ccc4ccccc4n3)(c3nccc4ccccc34)C2(c2cnc3ccccc3n2)c2ncc3ccccc3n2)c1. The van der Waals surface area contributed by atoms with Gasteiger partial charge in [0.2, 0.25) is 5.82 Å². The maximum atomic E-state index is 6.08. The van der Waals surface area contributed by atoms with Crippen molar-refractivity contribution < 1.29 is 0 Å². The first-order chi connectivity index (χ1) is 41.6. The maximum absolute atomic E-state index is 6.08. The summed E-state index contributed by atoms with van der Waals surface area (Å²) in [5.74, 6) is 2.14. The predicted molar refractivity (Wildman–Crippen MR) is 327 cm³/mol. The lowest BCUT2D eigenvalue weighted by atomic mass is 9.39. The highest BCUT2D eigenvalue weighted by Gasteiger charge is 2.76. The van der Waals surface area contributed by atoms with Crippen molar-refractivity contribution in [2.75, 3.05) is 11.4 Å². The smallest absolute Gasteiger partial charge is 0.201 e. The van der Waals surface area contributed by atoms with Crippen LogP contribution in [0.25, 0.3) is 65.5 Å². The molecule has 1 N–H and O–H groups in total. The van der Waals surface area contributed by atoms with Crippen molar-refractivity contribution in [3.63, 3.8) is 0 Å². The van der Waals surface area contributed by atoms with E-state index in [2.05, 4.69) is 131 Å². The highest BCUT2D eigenvalue weighted by molar-refractivity contribution is 7.19. The van der Waals surface area contributed by atoms with Gasteiger partial charge in [-0.15, -0.1) is 11.3 Å². The first-order valence-corrected chi connectivity index (χ1v) is 29.5. The average Bonchev–Trinajstić information content (AvgIpc) is 1.04. The van der Waals surface area contributed by atoms with E-state index in [9.17, 15) is 0 Å². The number of aromatic nitrogens is 13. The van der Waals surface area contributed by atoms with E-state index in [1.165, 1.54) is 11.1 Å². The molecule has 0 bridgehead atoms. The molecule has 1 aliphatic heterocycles. The standard InChI is InChI=1S/C69H50N14S/c1-6-22-47-42(16-1)33-36-71-61(47)68(57-32-31-43-17-2-7-23-48(43)76-57)60-54(84-65-59(60)64(83-37-15-21-44-18-5-12-28-53(44)83)80-63(81-65)62-73-39-45-19-3-8-24-49(45)78-62)38-67(55-29-13-34-70-55,56-30-14-35-75-82-56)69(68,58-41-72-51-26-10-11-27-52(51)77-58)66-74-40-46-20-4-9-25-50(46)79-66/h1-2,4-7,9-14,16-18,20,22-23,25-36,39-41,70H,3,8,15,19,21,24,37-38H2. The zero-order valence-corrected chi connectivity index (χ0v) is 46.2. The third kappa shape index (κ3) is 6.95. The normalized spacial score (nSPS) is 19.4. The lowest BCUT2D eigenvalue weighted by molar-refractivity contribution is 0.172. The maximum Gasteiger partial charge on any atom is 0.201 e. The van der Waals surface area contributed by atoms with Crippen LogP contribution in [0.5, 0.6) is 0 Å². The van der Waals surface area contributed by atoms with Crippen molar-refractivity contribution in [2.24, 2.45) is 0 Å². The van der Waals surface area contributed by atoms with Crippen molar-refractivity contribution >= 4 is 76.7 Å². The van der Waals surface area contributed by atoms with E-state index in [0.29, 0.717) is 58.7 Å². The van der Waals surface area contributed by atoms with Crippen LogP contribution in [0, 0.1) is 0 Å². The number of aromatic amines is 1. The lowest BCUT2D eigenvalue weighted by Crippen LogP contribution is -2.68. The Kier molecular flexibility index (Phi) is 11.0. The van der Waals surface area contributed by atoms with Crippen LogP contribution in [0.3, 0.4) is 0 Å². The monoisotopic (exact) mass is 1110 g/mol. The molecule has 0 saturated carbocycles.